The van der Waals surface area contributed by atoms with Crippen molar-refractivity contribution < 1.29 is 4.79 Å². The molecule has 0 rings (SSSR count). The van der Waals surface area contributed by atoms with E-state index in [2.05, 4.69) is 24.5 Å². The minimum atomic E-state index is 0.138. The fourth-order valence-corrected chi connectivity index (χ4v) is 1.43. The Kier molecular flexibility index (Phi) is 10.3. The summed E-state index contributed by atoms with van der Waals surface area (Å²) < 4.78 is 0. The molecule has 0 spiro atoms. The average Bonchev–Trinajstić information content (AvgIpc) is 2.20. The van der Waals surface area contributed by atoms with Crippen molar-refractivity contribution in [2.75, 3.05) is 12.3 Å². The summed E-state index contributed by atoms with van der Waals surface area (Å²) in [4.78, 5) is 11.1. The molecule has 0 aromatic rings. The highest BCUT2D eigenvalue weighted by Crippen LogP contribution is 2.05. The van der Waals surface area contributed by atoms with Gasteiger partial charge < -0.3 is 5.32 Å². The first-order valence-corrected chi connectivity index (χ1v) is 5.93. The van der Waals surface area contributed by atoms with Gasteiger partial charge in [-0.2, -0.15) is 12.6 Å². The molecule has 1 N–H and O–H groups in total. The van der Waals surface area contributed by atoms with Crippen LogP contribution >= 0.6 is 12.6 Å². The molecule has 2 nitrogen and oxygen atoms in total. The van der Waals surface area contributed by atoms with Crippen molar-refractivity contribution in [2.24, 2.45) is 0 Å². The molecule has 0 aromatic heterocycles. The Morgan fingerprint density at radius 3 is 2.50 bits per heavy atom. The highest BCUT2D eigenvalue weighted by atomic mass is 32.1. The summed E-state index contributed by atoms with van der Waals surface area (Å²) in [5.41, 5.74) is 0. The maximum atomic E-state index is 11.1. The minimum Gasteiger partial charge on any atom is -0.353 e. The van der Waals surface area contributed by atoms with Gasteiger partial charge in [-0.3, -0.25) is 4.79 Å². The lowest BCUT2D eigenvalue weighted by Gasteiger charge is -2.02. The molecular formula is C11H21NOS. The van der Waals surface area contributed by atoms with E-state index in [0.29, 0.717) is 13.0 Å². The molecule has 0 aromatic carbocycles. The van der Waals surface area contributed by atoms with E-state index in [1.165, 1.54) is 19.3 Å². The molecule has 82 valence electrons. The van der Waals surface area contributed by atoms with Crippen LogP contribution in [0.1, 0.15) is 38.5 Å². The van der Waals surface area contributed by atoms with Crippen LogP contribution in [-0.4, -0.2) is 18.2 Å². The van der Waals surface area contributed by atoms with Crippen LogP contribution in [-0.2, 0) is 4.79 Å². The Hall–Kier alpha value is -0.440. The van der Waals surface area contributed by atoms with Crippen LogP contribution in [0.5, 0.6) is 0 Å². The van der Waals surface area contributed by atoms with Crippen molar-refractivity contribution in [3.05, 3.63) is 12.7 Å². The largest absolute Gasteiger partial charge is 0.353 e. The molecular weight excluding hydrogens is 194 g/mol. The number of nitrogens with one attached hydrogen (secondary N) is 1. The van der Waals surface area contributed by atoms with Gasteiger partial charge in [0.25, 0.3) is 0 Å². The van der Waals surface area contributed by atoms with Crippen molar-refractivity contribution in [3.8, 4) is 0 Å². The van der Waals surface area contributed by atoms with Crippen LogP contribution in [0.25, 0.3) is 0 Å². The standard InChI is InChI=1S/C11H21NOS/c1-2-9-12-11(13)8-6-4-3-5-7-10-14/h2,14H,1,3-10H2,(H,12,13). The lowest BCUT2D eigenvalue weighted by molar-refractivity contribution is -0.121. The van der Waals surface area contributed by atoms with E-state index in [1.54, 1.807) is 6.08 Å². The Morgan fingerprint density at radius 2 is 1.86 bits per heavy atom. The number of rotatable bonds is 9. The Bertz CT molecular complexity index is 159. The second-order valence-electron chi connectivity index (χ2n) is 3.33. The van der Waals surface area contributed by atoms with Crippen LogP contribution in [0.15, 0.2) is 12.7 Å². The molecule has 0 fully saturated rings. The summed E-state index contributed by atoms with van der Waals surface area (Å²) in [5, 5.41) is 2.77. The fraction of sp³-hybridized carbons (Fsp3) is 0.727. The summed E-state index contributed by atoms with van der Waals surface area (Å²) in [7, 11) is 0. The van der Waals surface area contributed by atoms with Gasteiger partial charge in [0.2, 0.25) is 5.91 Å². The van der Waals surface area contributed by atoms with Crippen LogP contribution < -0.4 is 5.32 Å². The fourth-order valence-electron chi connectivity index (χ4n) is 1.20. The lowest BCUT2D eigenvalue weighted by atomic mass is 10.1. The summed E-state index contributed by atoms with van der Waals surface area (Å²) in [6.45, 7) is 4.12. The van der Waals surface area contributed by atoms with Crippen LogP contribution in [0.4, 0.5) is 0 Å². The molecule has 0 saturated carbocycles. The van der Waals surface area contributed by atoms with Gasteiger partial charge in [0, 0.05) is 13.0 Å². The molecule has 0 bridgehead atoms. The number of carbonyl (C=O) groups excluding carboxylic acids is 1. The first kappa shape index (κ1) is 13.6. The van der Waals surface area contributed by atoms with Crippen LogP contribution in [0, 0.1) is 0 Å². The SMILES string of the molecule is C=CCNC(=O)CCCCCCCS. The average molecular weight is 215 g/mol. The highest BCUT2D eigenvalue weighted by Gasteiger charge is 1.98. The predicted octanol–water partition coefficient (Wildman–Crippen LogP) is 2.56. The zero-order valence-electron chi connectivity index (χ0n) is 8.80. The second-order valence-corrected chi connectivity index (χ2v) is 3.78. The van der Waals surface area contributed by atoms with Gasteiger partial charge in [-0.1, -0.05) is 25.3 Å². The molecule has 0 aliphatic carbocycles. The molecule has 0 heterocycles. The summed E-state index contributed by atoms with van der Waals surface area (Å²) in [6.07, 6.45) is 8.13. The van der Waals surface area contributed by atoms with Crippen molar-refractivity contribution in [1.82, 2.24) is 5.32 Å². The van der Waals surface area contributed by atoms with Crippen molar-refractivity contribution in [2.45, 2.75) is 38.5 Å². The second kappa shape index (κ2) is 10.6. The molecule has 0 saturated heterocycles. The van der Waals surface area contributed by atoms with Crippen LogP contribution in [0.3, 0.4) is 0 Å². The number of unbranched alkanes of at least 4 members (excludes halogenated alkanes) is 4. The lowest BCUT2D eigenvalue weighted by Crippen LogP contribution is -2.22. The molecule has 0 aliphatic heterocycles. The number of carbonyl (C=O) groups is 1. The van der Waals surface area contributed by atoms with Crippen molar-refractivity contribution in [3.63, 3.8) is 0 Å². The summed E-state index contributed by atoms with van der Waals surface area (Å²) in [5.74, 6) is 1.11. The zero-order valence-corrected chi connectivity index (χ0v) is 9.69. The Labute approximate surface area is 92.6 Å². The number of thiol groups is 1. The van der Waals surface area contributed by atoms with E-state index in [4.69, 9.17) is 0 Å². The molecule has 0 radical (unpaired) electrons. The van der Waals surface area contributed by atoms with E-state index < -0.39 is 0 Å². The highest BCUT2D eigenvalue weighted by molar-refractivity contribution is 7.80. The molecule has 0 unspecified atom stereocenters. The smallest absolute Gasteiger partial charge is 0.220 e. The van der Waals surface area contributed by atoms with Gasteiger partial charge in [-0.05, 0) is 18.6 Å². The van der Waals surface area contributed by atoms with E-state index in [1.807, 2.05) is 0 Å². The molecule has 3 heteroatoms. The third-order valence-corrected chi connectivity index (χ3v) is 2.32. The van der Waals surface area contributed by atoms with E-state index in [0.717, 1.165) is 18.6 Å². The molecule has 0 aliphatic rings. The van der Waals surface area contributed by atoms with E-state index in [9.17, 15) is 4.79 Å². The van der Waals surface area contributed by atoms with Gasteiger partial charge in [0.15, 0.2) is 0 Å². The van der Waals surface area contributed by atoms with Crippen LogP contribution in [0.2, 0.25) is 0 Å². The molecule has 0 atom stereocenters. The Balaban J connectivity index is 3.10. The van der Waals surface area contributed by atoms with E-state index in [-0.39, 0.29) is 5.91 Å². The van der Waals surface area contributed by atoms with Crippen molar-refractivity contribution in [1.29, 1.82) is 0 Å². The van der Waals surface area contributed by atoms with Gasteiger partial charge in [0.05, 0.1) is 0 Å². The van der Waals surface area contributed by atoms with Gasteiger partial charge in [-0.25, -0.2) is 0 Å². The number of hydrogen-bond donors (Lipinski definition) is 2. The van der Waals surface area contributed by atoms with Gasteiger partial charge in [-0.15, -0.1) is 6.58 Å². The Morgan fingerprint density at radius 1 is 1.21 bits per heavy atom. The van der Waals surface area contributed by atoms with Gasteiger partial charge in [0.1, 0.15) is 0 Å². The quantitative estimate of drug-likeness (QED) is 0.345. The normalized spacial score (nSPS) is 9.79. The molecule has 14 heavy (non-hydrogen) atoms. The molecule has 1 amide bonds. The topological polar surface area (TPSA) is 29.1 Å². The zero-order chi connectivity index (χ0) is 10.6. The summed E-state index contributed by atoms with van der Waals surface area (Å²) >= 11 is 4.14. The van der Waals surface area contributed by atoms with Crippen molar-refractivity contribution >= 4 is 18.5 Å². The summed E-state index contributed by atoms with van der Waals surface area (Å²) in [6, 6.07) is 0. The third-order valence-electron chi connectivity index (χ3n) is 2.01. The van der Waals surface area contributed by atoms with E-state index >= 15 is 0 Å². The first-order chi connectivity index (χ1) is 6.81. The number of hydrogen-bond acceptors (Lipinski definition) is 2. The van der Waals surface area contributed by atoms with Gasteiger partial charge >= 0.3 is 0 Å². The third kappa shape index (κ3) is 9.65. The minimum absolute atomic E-state index is 0.138. The first-order valence-electron chi connectivity index (χ1n) is 5.29. The number of amides is 1. The maximum absolute atomic E-state index is 11.1. The maximum Gasteiger partial charge on any atom is 0.220 e. The predicted molar refractivity (Wildman–Crippen MR) is 64.8 cm³/mol. The monoisotopic (exact) mass is 215 g/mol.